The predicted octanol–water partition coefficient (Wildman–Crippen LogP) is 1.52. The van der Waals surface area contributed by atoms with Gasteiger partial charge in [-0.2, -0.15) is 0 Å². The molecule has 1 heteroatoms. The Morgan fingerprint density at radius 2 is 2.25 bits per heavy atom. The summed E-state index contributed by atoms with van der Waals surface area (Å²) < 4.78 is 0. The predicted molar refractivity (Wildman–Crippen MR) is 35.6 cm³/mol. The molecule has 8 heavy (non-hydrogen) atoms. The van der Waals surface area contributed by atoms with Gasteiger partial charge in [0.25, 0.3) is 0 Å². The monoisotopic (exact) mass is 113 g/mol. The van der Waals surface area contributed by atoms with E-state index >= 15 is 0 Å². The second-order valence-corrected chi connectivity index (χ2v) is 3.21. The van der Waals surface area contributed by atoms with Crippen LogP contribution in [-0.2, 0) is 0 Å². The van der Waals surface area contributed by atoms with Crippen LogP contribution in [0.1, 0.15) is 33.1 Å². The summed E-state index contributed by atoms with van der Waals surface area (Å²) in [6, 6.07) is 0.516. The molecular weight excluding hydrogens is 98.1 g/mol. The average Bonchev–Trinajstić information content (AvgIpc) is 2.16. The summed E-state index contributed by atoms with van der Waals surface area (Å²) >= 11 is 0. The minimum Gasteiger partial charge on any atom is -0.327 e. The van der Waals surface area contributed by atoms with Gasteiger partial charge in [-0.15, -0.1) is 0 Å². The van der Waals surface area contributed by atoms with Crippen LogP contribution >= 0.6 is 0 Å². The summed E-state index contributed by atoms with van der Waals surface area (Å²) in [5, 5.41) is 0. The molecule has 1 nitrogen and oxygen atoms in total. The number of rotatable bonds is 2. The highest BCUT2D eigenvalue weighted by Crippen LogP contribution is 2.47. The second kappa shape index (κ2) is 1.73. The molecule has 0 saturated heterocycles. The van der Waals surface area contributed by atoms with Crippen LogP contribution in [-0.4, -0.2) is 6.04 Å². The highest BCUT2D eigenvalue weighted by Gasteiger charge is 2.45. The van der Waals surface area contributed by atoms with Crippen molar-refractivity contribution in [3.63, 3.8) is 0 Å². The zero-order valence-corrected chi connectivity index (χ0v) is 5.78. The lowest BCUT2D eigenvalue weighted by molar-refractivity contribution is 0.489. The molecular formula is C7H15N. The fourth-order valence-electron chi connectivity index (χ4n) is 1.30. The molecule has 0 heterocycles. The van der Waals surface area contributed by atoms with Gasteiger partial charge in [0, 0.05) is 6.04 Å². The van der Waals surface area contributed by atoms with E-state index < -0.39 is 0 Å². The fraction of sp³-hybridized carbons (Fsp3) is 1.00. The molecule has 0 bridgehead atoms. The Bertz CT molecular complexity index is 90.4. The molecule has 0 unspecified atom stereocenters. The van der Waals surface area contributed by atoms with Crippen LogP contribution < -0.4 is 5.73 Å². The van der Waals surface area contributed by atoms with Crippen LogP contribution in [0.15, 0.2) is 0 Å². The molecule has 2 N–H and O–H groups in total. The third-order valence-corrected chi connectivity index (χ3v) is 2.24. The van der Waals surface area contributed by atoms with Crippen molar-refractivity contribution in [1.82, 2.24) is 0 Å². The van der Waals surface area contributed by atoms with Crippen molar-refractivity contribution in [3.8, 4) is 0 Å². The first-order chi connectivity index (χ1) is 3.69. The molecule has 0 aromatic heterocycles. The Morgan fingerprint density at radius 3 is 2.38 bits per heavy atom. The van der Waals surface area contributed by atoms with Gasteiger partial charge in [-0.05, 0) is 18.3 Å². The smallest absolute Gasteiger partial charge is 0.00992 e. The second-order valence-electron chi connectivity index (χ2n) is 3.21. The average molecular weight is 113 g/mol. The van der Waals surface area contributed by atoms with Gasteiger partial charge in [0.05, 0.1) is 0 Å². The molecule has 1 aliphatic rings. The lowest BCUT2D eigenvalue weighted by Crippen LogP contribution is -2.09. The highest BCUT2D eigenvalue weighted by molar-refractivity contribution is 5.01. The Labute approximate surface area is 51.3 Å². The molecule has 1 rings (SSSR count). The maximum Gasteiger partial charge on any atom is 0.00992 e. The lowest BCUT2D eigenvalue weighted by atomic mass is 10.0. The molecule has 0 aliphatic heterocycles. The Morgan fingerprint density at radius 1 is 1.75 bits per heavy atom. The van der Waals surface area contributed by atoms with E-state index in [9.17, 15) is 0 Å². The van der Waals surface area contributed by atoms with Crippen molar-refractivity contribution in [1.29, 1.82) is 0 Å². The first-order valence-electron chi connectivity index (χ1n) is 3.44. The Hall–Kier alpha value is -0.0400. The van der Waals surface area contributed by atoms with Gasteiger partial charge in [-0.3, -0.25) is 0 Å². The van der Waals surface area contributed by atoms with Crippen LogP contribution in [0, 0.1) is 5.41 Å². The summed E-state index contributed by atoms with van der Waals surface area (Å²) in [5.41, 5.74) is 6.22. The molecule has 0 amide bonds. The largest absolute Gasteiger partial charge is 0.327 e. The summed E-state index contributed by atoms with van der Waals surface area (Å²) in [7, 11) is 0. The number of nitrogens with two attached hydrogens (primary N) is 1. The molecule has 48 valence electrons. The number of hydrogen-bond acceptors (Lipinski definition) is 1. The SMILES string of the molecule is CCC[C@]1(C)C[C@H]1N. The zero-order valence-electron chi connectivity index (χ0n) is 5.78. The van der Waals surface area contributed by atoms with Crippen molar-refractivity contribution < 1.29 is 0 Å². The van der Waals surface area contributed by atoms with Gasteiger partial charge in [-0.1, -0.05) is 20.3 Å². The van der Waals surface area contributed by atoms with Gasteiger partial charge in [0.15, 0.2) is 0 Å². The van der Waals surface area contributed by atoms with Gasteiger partial charge in [0.2, 0.25) is 0 Å². The van der Waals surface area contributed by atoms with E-state index in [4.69, 9.17) is 5.73 Å². The third-order valence-electron chi connectivity index (χ3n) is 2.24. The molecule has 2 atom stereocenters. The molecule has 0 aromatic carbocycles. The zero-order chi connectivity index (χ0) is 6.20. The minimum absolute atomic E-state index is 0.516. The lowest BCUT2D eigenvalue weighted by Gasteiger charge is -2.04. The summed E-state index contributed by atoms with van der Waals surface area (Å²) in [5.74, 6) is 0. The summed E-state index contributed by atoms with van der Waals surface area (Å²) in [4.78, 5) is 0. The van der Waals surface area contributed by atoms with Crippen molar-refractivity contribution in [2.45, 2.75) is 39.2 Å². The van der Waals surface area contributed by atoms with Gasteiger partial charge >= 0.3 is 0 Å². The first-order valence-corrected chi connectivity index (χ1v) is 3.44. The van der Waals surface area contributed by atoms with E-state index in [1.54, 1.807) is 0 Å². The minimum atomic E-state index is 0.516. The van der Waals surface area contributed by atoms with E-state index in [-0.39, 0.29) is 0 Å². The maximum atomic E-state index is 5.69. The van der Waals surface area contributed by atoms with E-state index in [0.29, 0.717) is 11.5 Å². The highest BCUT2D eigenvalue weighted by atomic mass is 14.8. The van der Waals surface area contributed by atoms with Gasteiger partial charge in [-0.25, -0.2) is 0 Å². The summed E-state index contributed by atoms with van der Waals surface area (Å²) in [6.45, 7) is 4.50. The standard InChI is InChI=1S/C7H15N/c1-3-4-7(2)5-6(7)8/h6H,3-5,8H2,1-2H3/t6-,7-/m1/s1. The van der Waals surface area contributed by atoms with Crippen LogP contribution in [0.2, 0.25) is 0 Å². The van der Waals surface area contributed by atoms with Gasteiger partial charge < -0.3 is 5.73 Å². The normalized spacial score (nSPS) is 44.6. The Kier molecular flexibility index (Phi) is 1.31. The molecule has 1 aliphatic carbocycles. The molecule has 0 spiro atoms. The quantitative estimate of drug-likeness (QED) is 0.577. The van der Waals surface area contributed by atoms with Gasteiger partial charge in [0.1, 0.15) is 0 Å². The van der Waals surface area contributed by atoms with Crippen LogP contribution in [0.25, 0.3) is 0 Å². The topological polar surface area (TPSA) is 26.0 Å². The third kappa shape index (κ3) is 0.873. The molecule has 1 fully saturated rings. The van der Waals surface area contributed by atoms with Crippen LogP contribution in [0.4, 0.5) is 0 Å². The van der Waals surface area contributed by atoms with Crippen molar-refractivity contribution in [2.75, 3.05) is 0 Å². The van der Waals surface area contributed by atoms with E-state index in [1.807, 2.05) is 0 Å². The fourth-order valence-corrected chi connectivity index (χ4v) is 1.30. The van der Waals surface area contributed by atoms with Crippen LogP contribution in [0.3, 0.4) is 0 Å². The summed E-state index contributed by atoms with van der Waals surface area (Å²) in [6.07, 6.45) is 3.85. The Balaban J connectivity index is 2.25. The van der Waals surface area contributed by atoms with E-state index in [1.165, 1.54) is 19.3 Å². The molecule has 0 aromatic rings. The maximum absolute atomic E-state index is 5.69. The molecule has 1 saturated carbocycles. The van der Waals surface area contributed by atoms with Crippen LogP contribution in [0.5, 0.6) is 0 Å². The number of hydrogen-bond donors (Lipinski definition) is 1. The van der Waals surface area contributed by atoms with Crippen molar-refractivity contribution in [2.24, 2.45) is 11.1 Å². The van der Waals surface area contributed by atoms with E-state index in [0.717, 1.165) is 0 Å². The van der Waals surface area contributed by atoms with E-state index in [2.05, 4.69) is 13.8 Å². The first kappa shape index (κ1) is 6.09. The van der Waals surface area contributed by atoms with Crippen molar-refractivity contribution in [3.05, 3.63) is 0 Å². The van der Waals surface area contributed by atoms with Crippen molar-refractivity contribution >= 4 is 0 Å². The molecule has 0 radical (unpaired) electrons.